The van der Waals surface area contributed by atoms with E-state index in [0.717, 1.165) is 25.6 Å². The third-order valence-corrected chi connectivity index (χ3v) is 4.71. The molecule has 2 rings (SSSR count). The van der Waals surface area contributed by atoms with E-state index in [2.05, 4.69) is 11.7 Å². The molecule has 1 heterocycles. The molecule has 0 spiro atoms. The minimum absolute atomic E-state index is 0. The summed E-state index contributed by atoms with van der Waals surface area (Å²) >= 11 is 0. The summed E-state index contributed by atoms with van der Waals surface area (Å²) in [5.74, 6) is 1.00. The predicted octanol–water partition coefficient (Wildman–Crippen LogP) is 0.233. The van der Waals surface area contributed by atoms with Crippen molar-refractivity contribution in [2.75, 3.05) is 19.8 Å². The van der Waals surface area contributed by atoms with Crippen molar-refractivity contribution < 1.29 is 86.1 Å². The van der Waals surface area contributed by atoms with E-state index in [-0.39, 0.29) is 59.1 Å². The van der Waals surface area contributed by atoms with Crippen LogP contribution in [-0.2, 0) is 15.1 Å². The molecule has 1 fully saturated rings. The molecule has 1 aromatic rings. The third-order valence-electron chi connectivity index (χ3n) is 4.71. The molecule has 6 nitrogen and oxygen atoms in total. The first-order valence-corrected chi connectivity index (χ1v) is 13.2. The average Bonchev–Trinajstić information content (AvgIpc) is 3.60. The van der Waals surface area contributed by atoms with Crippen molar-refractivity contribution in [2.24, 2.45) is 0 Å². The Labute approximate surface area is 247 Å². The van der Waals surface area contributed by atoms with E-state index in [1.54, 1.807) is 0 Å². The number of ether oxygens (including phenoxy) is 2. The van der Waals surface area contributed by atoms with Crippen LogP contribution in [0.25, 0.3) is 0 Å². The Morgan fingerprint density at radius 3 is 1.39 bits per heavy atom. The maximum Gasteiger partial charge on any atom is 1.00 e. The van der Waals surface area contributed by atoms with Crippen molar-refractivity contribution in [3.63, 3.8) is 0 Å². The minimum Gasteiger partial charge on any atom is -0.759 e. The van der Waals surface area contributed by atoms with Gasteiger partial charge in [0.05, 0.1) is 19.8 Å². The number of unbranched alkanes of at least 4 members (excludes halogenated alkanes) is 13. The van der Waals surface area contributed by atoms with E-state index < -0.39 is 10.4 Å². The minimum atomic E-state index is -5.17. The van der Waals surface area contributed by atoms with Gasteiger partial charge in [0.2, 0.25) is 0 Å². The summed E-state index contributed by atoms with van der Waals surface area (Å²) in [5.41, 5.74) is 0. The topological polar surface area (TPSA) is 102 Å². The van der Waals surface area contributed by atoms with E-state index >= 15 is 0 Å². The second-order valence-corrected chi connectivity index (χ2v) is 8.59. The first kappa shape index (κ1) is 38.4. The molecular weight excluding hydrogens is 462 g/mol. The number of epoxide rings is 1. The van der Waals surface area contributed by atoms with Crippen molar-refractivity contribution in [1.29, 1.82) is 0 Å². The van der Waals surface area contributed by atoms with Gasteiger partial charge in [-0.25, -0.2) is 0 Å². The van der Waals surface area contributed by atoms with Crippen LogP contribution in [0.15, 0.2) is 30.3 Å². The normalized spacial score (nSPS) is 11.5. The summed E-state index contributed by atoms with van der Waals surface area (Å²) in [6, 6.07) is 10.1. The number of rotatable bonds is 16. The van der Waals surface area contributed by atoms with Crippen LogP contribution in [0.2, 0.25) is 0 Å². The molecule has 182 valence electrons. The fourth-order valence-corrected chi connectivity index (χ4v) is 3.00. The molecule has 0 amide bonds. The molecule has 0 aliphatic carbocycles. The Balaban J connectivity index is -0.000000763. The predicted molar refractivity (Wildman–Crippen MR) is 124 cm³/mol. The number of para-hydroxylation sites is 1. The molecule has 0 radical (unpaired) electrons. The first-order valence-electron chi connectivity index (χ1n) is 11.9. The molecule has 1 saturated heterocycles. The Morgan fingerprint density at radius 1 is 0.727 bits per heavy atom. The number of hydrogen-bond donors (Lipinski definition) is 0. The third kappa shape index (κ3) is 43.4. The van der Waals surface area contributed by atoms with Crippen LogP contribution in [0.5, 0.6) is 5.75 Å². The summed E-state index contributed by atoms with van der Waals surface area (Å²) in [6.45, 7) is 5.15. The molecule has 0 N–H and O–H groups in total. The number of benzene rings is 1. The summed E-state index contributed by atoms with van der Waals surface area (Å²) in [6.07, 6.45) is 19.7. The molecule has 0 unspecified atom stereocenters. The van der Waals surface area contributed by atoms with Gasteiger partial charge in [-0.2, -0.15) is 0 Å². The van der Waals surface area contributed by atoms with E-state index in [0.29, 0.717) is 0 Å². The van der Waals surface area contributed by atoms with Crippen LogP contribution in [-0.4, -0.2) is 37.3 Å². The van der Waals surface area contributed by atoms with Crippen molar-refractivity contribution in [3.05, 3.63) is 30.3 Å². The van der Waals surface area contributed by atoms with Crippen LogP contribution in [0.1, 0.15) is 96.8 Å². The molecule has 0 saturated carbocycles. The maximum absolute atomic E-state index is 8.52. The van der Waals surface area contributed by atoms with Gasteiger partial charge < -0.3 is 18.6 Å². The zero-order valence-corrected chi connectivity index (χ0v) is 26.1. The molecular formula is C24H42Na2O6S. The summed E-state index contributed by atoms with van der Waals surface area (Å²) < 4.78 is 44.3. The Morgan fingerprint density at radius 2 is 1.06 bits per heavy atom. The van der Waals surface area contributed by atoms with Crippen LogP contribution in [0.3, 0.4) is 0 Å². The van der Waals surface area contributed by atoms with Gasteiger partial charge in [0, 0.05) is 10.4 Å². The number of hydrogen-bond acceptors (Lipinski definition) is 6. The second kappa shape index (κ2) is 29.1. The van der Waals surface area contributed by atoms with Crippen molar-refractivity contribution in [3.8, 4) is 5.75 Å². The van der Waals surface area contributed by atoms with Gasteiger partial charge in [0.25, 0.3) is 0 Å². The largest absolute Gasteiger partial charge is 1.00 e. The molecule has 0 aromatic heterocycles. The van der Waals surface area contributed by atoms with Crippen molar-refractivity contribution in [2.45, 2.75) is 96.8 Å². The van der Waals surface area contributed by atoms with E-state index in [9.17, 15) is 0 Å². The standard InChI is InChI=1S/C22H38O.C2H4O.2Na.H2O4S/c1-2-3-4-5-6-7-8-9-10-11-12-13-14-18-21-23-22-19-16-15-17-20-22;1-2-3-1;;;1-5(2,3)4/h15-17,19-20H,2-14,18,21H2,1H3;1-2H2;;;(H2,1,2,3,4)/q;;2*+1;/p-2. The summed E-state index contributed by atoms with van der Waals surface area (Å²) in [7, 11) is -5.17. The smallest absolute Gasteiger partial charge is 0.759 e. The quantitative estimate of drug-likeness (QED) is 0.105. The molecule has 1 aliphatic rings. The Bertz CT molecular complexity index is 575. The maximum atomic E-state index is 8.52. The SMILES string of the molecule is C1CO1.CCCCCCCCCCCCCCCCOc1ccccc1.O=S(=O)([O-])[O-].[Na+].[Na+]. The van der Waals surface area contributed by atoms with Crippen LogP contribution < -0.4 is 63.9 Å². The molecule has 1 aliphatic heterocycles. The van der Waals surface area contributed by atoms with Gasteiger partial charge in [0.15, 0.2) is 0 Å². The fourth-order valence-electron chi connectivity index (χ4n) is 3.00. The zero-order chi connectivity index (χ0) is 23.0. The summed E-state index contributed by atoms with van der Waals surface area (Å²) in [4.78, 5) is 0. The molecule has 0 atom stereocenters. The molecule has 0 bridgehead atoms. The van der Waals surface area contributed by atoms with Gasteiger partial charge in [0.1, 0.15) is 5.75 Å². The van der Waals surface area contributed by atoms with E-state index in [1.807, 2.05) is 30.3 Å². The molecule has 9 heteroatoms. The van der Waals surface area contributed by atoms with Crippen LogP contribution in [0.4, 0.5) is 0 Å². The van der Waals surface area contributed by atoms with Gasteiger partial charge >= 0.3 is 59.1 Å². The van der Waals surface area contributed by atoms with Crippen molar-refractivity contribution in [1.82, 2.24) is 0 Å². The zero-order valence-electron chi connectivity index (χ0n) is 21.3. The fraction of sp³-hybridized carbons (Fsp3) is 0.750. The summed E-state index contributed by atoms with van der Waals surface area (Å²) in [5, 5.41) is 0. The Hall–Kier alpha value is 0.850. The van der Waals surface area contributed by atoms with Crippen LogP contribution >= 0.6 is 0 Å². The second-order valence-electron chi connectivity index (χ2n) is 7.78. The van der Waals surface area contributed by atoms with E-state index in [4.69, 9.17) is 22.3 Å². The molecule has 1 aromatic carbocycles. The van der Waals surface area contributed by atoms with Gasteiger partial charge in [-0.15, -0.1) is 0 Å². The van der Waals surface area contributed by atoms with E-state index in [1.165, 1.54) is 89.9 Å². The van der Waals surface area contributed by atoms with Crippen molar-refractivity contribution >= 4 is 10.4 Å². The first-order chi connectivity index (χ1) is 14.9. The van der Waals surface area contributed by atoms with Crippen LogP contribution in [0, 0.1) is 0 Å². The monoisotopic (exact) mass is 504 g/mol. The van der Waals surface area contributed by atoms with Gasteiger partial charge in [-0.1, -0.05) is 109 Å². The van der Waals surface area contributed by atoms with Gasteiger partial charge in [-0.3, -0.25) is 8.42 Å². The van der Waals surface area contributed by atoms with Gasteiger partial charge in [-0.05, 0) is 18.6 Å². The average molecular weight is 505 g/mol. The Kier molecular flexibility index (Phi) is 33.8. The molecule has 33 heavy (non-hydrogen) atoms.